The van der Waals surface area contributed by atoms with Crippen molar-refractivity contribution >= 4 is 5.91 Å². The van der Waals surface area contributed by atoms with E-state index in [9.17, 15) is 10.1 Å². The average Bonchev–Trinajstić information content (AvgIpc) is 2.86. The number of nitriles is 1. The van der Waals surface area contributed by atoms with Crippen molar-refractivity contribution in [1.82, 2.24) is 5.32 Å². The van der Waals surface area contributed by atoms with E-state index >= 15 is 0 Å². The first kappa shape index (κ1) is 24.5. The molecule has 0 spiro atoms. The summed E-state index contributed by atoms with van der Waals surface area (Å²) in [7, 11) is 1.70. The van der Waals surface area contributed by atoms with Crippen LogP contribution in [0.4, 0.5) is 0 Å². The number of amides is 1. The van der Waals surface area contributed by atoms with Gasteiger partial charge >= 0.3 is 0 Å². The highest BCUT2D eigenvalue weighted by Gasteiger charge is 2.32. The van der Waals surface area contributed by atoms with E-state index in [1.165, 1.54) is 11.1 Å². The Labute approximate surface area is 207 Å². The van der Waals surface area contributed by atoms with Crippen LogP contribution in [0.25, 0.3) is 0 Å². The van der Waals surface area contributed by atoms with Crippen LogP contribution < -0.4 is 10.1 Å². The zero-order valence-corrected chi connectivity index (χ0v) is 20.4. The van der Waals surface area contributed by atoms with Crippen LogP contribution in [-0.2, 0) is 11.3 Å². The fraction of sp³-hybridized carbons (Fsp3) is 0.333. The summed E-state index contributed by atoms with van der Waals surface area (Å²) in [5, 5.41) is 12.4. The Balaban J connectivity index is 1.35. The number of nitrogens with one attached hydrogen (secondary N) is 1. The molecule has 1 saturated carbocycles. The fourth-order valence-electron chi connectivity index (χ4n) is 4.81. The normalized spacial score (nSPS) is 21.5. The Bertz CT molecular complexity index is 1200. The molecule has 2 aliphatic rings. The highest BCUT2D eigenvalue weighted by atomic mass is 16.5. The van der Waals surface area contributed by atoms with Gasteiger partial charge in [0, 0.05) is 12.1 Å². The van der Waals surface area contributed by atoms with Crippen molar-refractivity contribution in [3.8, 4) is 11.8 Å². The van der Waals surface area contributed by atoms with Crippen LogP contribution in [0.1, 0.15) is 58.6 Å². The van der Waals surface area contributed by atoms with E-state index in [4.69, 9.17) is 9.47 Å². The minimum atomic E-state index is -0.337. The lowest BCUT2D eigenvalue weighted by molar-refractivity contribution is 0.0952. The molecule has 5 nitrogen and oxygen atoms in total. The van der Waals surface area contributed by atoms with Crippen LogP contribution >= 0.6 is 0 Å². The summed E-state index contributed by atoms with van der Waals surface area (Å²) in [5.74, 6) is 1.40. The van der Waals surface area contributed by atoms with Crippen LogP contribution in [0.5, 0.6) is 5.75 Å². The van der Waals surface area contributed by atoms with Crippen molar-refractivity contribution in [2.24, 2.45) is 5.92 Å². The van der Waals surface area contributed by atoms with Crippen LogP contribution in [0.15, 0.2) is 78.4 Å². The lowest BCUT2D eigenvalue weighted by Gasteiger charge is -2.37. The number of rotatable bonds is 8. The first-order valence-electron chi connectivity index (χ1n) is 12.1. The molecule has 4 rings (SSSR count). The van der Waals surface area contributed by atoms with E-state index in [-0.39, 0.29) is 11.8 Å². The Hall–Kier alpha value is -3.62. The van der Waals surface area contributed by atoms with Gasteiger partial charge in [0.2, 0.25) is 0 Å². The smallest absolute Gasteiger partial charge is 0.251 e. The molecule has 180 valence electrons. The molecule has 2 aromatic carbocycles. The zero-order chi connectivity index (χ0) is 24.8. The number of carbonyl (C=O) groups is 1. The van der Waals surface area contributed by atoms with E-state index in [2.05, 4.69) is 48.3 Å². The Morgan fingerprint density at radius 2 is 2.11 bits per heavy atom. The van der Waals surface area contributed by atoms with Crippen molar-refractivity contribution in [2.75, 3.05) is 20.3 Å². The number of fused-ring (bicyclic) bond motifs is 1. The van der Waals surface area contributed by atoms with Gasteiger partial charge in [-0.1, -0.05) is 43.0 Å². The molecule has 1 aliphatic carbocycles. The maximum atomic E-state index is 12.8. The summed E-state index contributed by atoms with van der Waals surface area (Å²) in [4.78, 5) is 12.8. The summed E-state index contributed by atoms with van der Waals surface area (Å²) in [6.45, 7) is 7.41. The predicted molar refractivity (Wildman–Crippen MR) is 137 cm³/mol. The Kier molecular flexibility index (Phi) is 7.84. The third-order valence-electron chi connectivity index (χ3n) is 6.86. The summed E-state index contributed by atoms with van der Waals surface area (Å²) < 4.78 is 10.8. The number of hydrogen-bond donors (Lipinski definition) is 1. The Morgan fingerprint density at radius 3 is 2.86 bits per heavy atom. The second-order valence-corrected chi connectivity index (χ2v) is 9.24. The highest BCUT2D eigenvalue weighted by molar-refractivity contribution is 5.94. The quantitative estimate of drug-likeness (QED) is 0.496. The standard InChI is InChI=1S/C30H32N2O3/c1-4-6-21(25-12-26(13-25)22-7-5-8-28(14-22)34-3)11-20(2)17-32-30(33)23-9-10-24-18-35-19-27(16-31)29(24)15-23/h4-11,14-15,25-27H,2,12-13,17-19H2,1,3H3,(H,32,33)/b6-4-,21-11+. The third kappa shape index (κ3) is 5.72. The van der Waals surface area contributed by atoms with Crippen LogP contribution in [0, 0.1) is 17.2 Å². The molecule has 0 saturated heterocycles. The molecular formula is C30H32N2O3. The molecule has 5 heteroatoms. The van der Waals surface area contributed by atoms with Gasteiger partial charge in [0.25, 0.3) is 5.91 Å². The fourth-order valence-corrected chi connectivity index (χ4v) is 4.81. The maximum absolute atomic E-state index is 12.8. The number of ether oxygens (including phenoxy) is 2. The zero-order valence-electron chi connectivity index (χ0n) is 20.4. The Morgan fingerprint density at radius 1 is 1.29 bits per heavy atom. The van der Waals surface area contributed by atoms with Crippen molar-refractivity contribution in [3.63, 3.8) is 0 Å². The van der Waals surface area contributed by atoms with E-state index in [0.29, 0.717) is 37.2 Å². The van der Waals surface area contributed by atoms with Gasteiger partial charge in [0.15, 0.2) is 0 Å². The molecule has 2 aromatic rings. The first-order valence-corrected chi connectivity index (χ1v) is 12.1. The molecule has 0 bridgehead atoms. The molecule has 1 N–H and O–H groups in total. The minimum absolute atomic E-state index is 0.167. The molecule has 1 heterocycles. The number of nitrogens with zero attached hydrogens (tertiary/aromatic N) is 1. The van der Waals surface area contributed by atoms with E-state index in [1.807, 2.05) is 31.2 Å². The summed E-state index contributed by atoms with van der Waals surface area (Å²) in [6.07, 6.45) is 8.47. The predicted octanol–water partition coefficient (Wildman–Crippen LogP) is 5.81. The average molecular weight is 469 g/mol. The molecule has 1 unspecified atom stereocenters. The summed E-state index contributed by atoms with van der Waals surface area (Å²) >= 11 is 0. The van der Waals surface area contributed by atoms with E-state index in [1.54, 1.807) is 13.2 Å². The van der Waals surface area contributed by atoms with Crippen molar-refractivity contribution < 1.29 is 14.3 Å². The van der Waals surface area contributed by atoms with Gasteiger partial charge in [-0.05, 0) is 83.7 Å². The van der Waals surface area contributed by atoms with Crippen molar-refractivity contribution in [3.05, 3.63) is 101 Å². The molecule has 1 atom stereocenters. The van der Waals surface area contributed by atoms with E-state index < -0.39 is 0 Å². The van der Waals surface area contributed by atoms with Crippen LogP contribution in [0.3, 0.4) is 0 Å². The second-order valence-electron chi connectivity index (χ2n) is 9.24. The van der Waals surface area contributed by atoms with Crippen LogP contribution in [-0.4, -0.2) is 26.2 Å². The first-order chi connectivity index (χ1) is 17.0. The summed E-state index contributed by atoms with van der Waals surface area (Å²) in [5.41, 5.74) is 5.83. The van der Waals surface area contributed by atoms with Gasteiger partial charge in [-0.25, -0.2) is 0 Å². The molecular weight excluding hydrogens is 436 g/mol. The van der Waals surface area contributed by atoms with Gasteiger partial charge in [-0.3, -0.25) is 4.79 Å². The lowest BCUT2D eigenvalue weighted by atomic mass is 9.68. The topological polar surface area (TPSA) is 71.3 Å². The third-order valence-corrected chi connectivity index (χ3v) is 6.86. The number of allylic oxidation sites excluding steroid dienone is 3. The van der Waals surface area contributed by atoms with Gasteiger partial charge in [-0.15, -0.1) is 0 Å². The number of benzene rings is 2. The molecule has 0 aromatic heterocycles. The van der Waals surface area contributed by atoms with Gasteiger partial charge in [-0.2, -0.15) is 5.26 Å². The monoisotopic (exact) mass is 468 g/mol. The largest absolute Gasteiger partial charge is 0.497 e. The minimum Gasteiger partial charge on any atom is -0.497 e. The lowest BCUT2D eigenvalue weighted by Crippen LogP contribution is -2.26. The highest BCUT2D eigenvalue weighted by Crippen LogP contribution is 2.46. The maximum Gasteiger partial charge on any atom is 0.251 e. The second kappa shape index (κ2) is 11.2. The number of methoxy groups -OCH3 is 1. The number of hydrogen-bond acceptors (Lipinski definition) is 4. The number of carbonyl (C=O) groups excluding carboxylic acids is 1. The molecule has 1 amide bonds. The molecule has 35 heavy (non-hydrogen) atoms. The van der Waals surface area contributed by atoms with Gasteiger partial charge < -0.3 is 14.8 Å². The van der Waals surface area contributed by atoms with Gasteiger partial charge in [0.1, 0.15) is 5.75 Å². The summed E-state index contributed by atoms with van der Waals surface area (Å²) in [6, 6.07) is 16.1. The molecule has 0 radical (unpaired) electrons. The van der Waals surface area contributed by atoms with Crippen molar-refractivity contribution in [2.45, 2.75) is 38.2 Å². The molecule has 1 fully saturated rings. The SMILES string of the molecule is C=C(/C=C(\C=C/C)C1CC(c2cccc(OC)c2)C1)CNC(=O)c1ccc2c(c1)C(C#N)COC2. The van der Waals surface area contributed by atoms with Gasteiger partial charge in [0.05, 0.1) is 32.3 Å². The molecule has 1 aliphatic heterocycles. The van der Waals surface area contributed by atoms with Crippen molar-refractivity contribution in [1.29, 1.82) is 5.26 Å². The van der Waals surface area contributed by atoms with Crippen LogP contribution in [0.2, 0.25) is 0 Å². The van der Waals surface area contributed by atoms with E-state index in [0.717, 1.165) is 35.3 Å².